The van der Waals surface area contributed by atoms with E-state index >= 15 is 0 Å². The third kappa shape index (κ3) is 5.04. The summed E-state index contributed by atoms with van der Waals surface area (Å²) in [6, 6.07) is 14.3. The van der Waals surface area contributed by atoms with Crippen molar-refractivity contribution >= 4 is 15.5 Å². The second kappa shape index (κ2) is 7.24. The fourth-order valence-corrected chi connectivity index (χ4v) is 3.40. The van der Waals surface area contributed by atoms with Gasteiger partial charge in [0.25, 0.3) is 0 Å². The van der Waals surface area contributed by atoms with E-state index in [1.807, 2.05) is 38.1 Å². The van der Waals surface area contributed by atoms with Crippen molar-refractivity contribution in [3.8, 4) is 6.07 Å². The number of hydrogen-bond donors (Lipinski definition) is 1. The van der Waals surface area contributed by atoms with Crippen LogP contribution in [0.5, 0.6) is 0 Å². The van der Waals surface area contributed by atoms with Gasteiger partial charge < -0.3 is 5.32 Å². The molecule has 2 rings (SSSR count). The van der Waals surface area contributed by atoms with Crippen LogP contribution >= 0.6 is 0 Å². The third-order valence-corrected chi connectivity index (χ3v) is 4.76. The molecule has 0 aliphatic rings. The lowest BCUT2D eigenvalue weighted by atomic mass is 9.83. The molecule has 25 heavy (non-hydrogen) atoms. The van der Waals surface area contributed by atoms with E-state index in [1.54, 1.807) is 6.07 Å². The fourth-order valence-electron chi connectivity index (χ4n) is 2.60. The number of nitrogens with one attached hydrogen (secondary N) is 1. The molecular weight excluding hydrogens is 339 g/mol. The number of halogens is 1. The summed E-state index contributed by atoms with van der Waals surface area (Å²) < 4.78 is 36.7. The smallest absolute Gasteiger partial charge is 0.151 e. The van der Waals surface area contributed by atoms with Gasteiger partial charge in [-0.1, -0.05) is 30.3 Å². The van der Waals surface area contributed by atoms with E-state index in [4.69, 9.17) is 0 Å². The molecule has 4 nitrogen and oxygen atoms in total. The number of nitrogens with zero attached hydrogens (tertiary/aromatic N) is 1. The summed E-state index contributed by atoms with van der Waals surface area (Å²) in [5, 5.41) is 12.5. The van der Waals surface area contributed by atoms with Crippen LogP contribution in [0.4, 0.5) is 10.1 Å². The van der Waals surface area contributed by atoms with E-state index in [-0.39, 0.29) is 11.3 Å². The van der Waals surface area contributed by atoms with E-state index in [0.717, 1.165) is 17.4 Å². The predicted molar refractivity (Wildman–Crippen MR) is 97.4 cm³/mol. The van der Waals surface area contributed by atoms with Gasteiger partial charge in [0, 0.05) is 24.1 Å². The normalized spacial score (nSPS) is 11.8. The molecule has 2 aromatic rings. The number of nitriles is 1. The van der Waals surface area contributed by atoms with Crippen molar-refractivity contribution in [2.45, 2.75) is 31.6 Å². The van der Waals surface area contributed by atoms with Crippen molar-refractivity contribution in [2.24, 2.45) is 0 Å². The lowest BCUT2D eigenvalue weighted by Gasteiger charge is -2.20. The molecule has 0 unspecified atom stereocenters. The van der Waals surface area contributed by atoms with Crippen LogP contribution in [0.15, 0.2) is 42.5 Å². The Labute approximate surface area is 148 Å². The summed E-state index contributed by atoms with van der Waals surface area (Å²) in [4.78, 5) is 0. The number of sulfone groups is 1. The summed E-state index contributed by atoms with van der Waals surface area (Å²) in [6.07, 6.45) is 1.08. The van der Waals surface area contributed by atoms with Crippen LogP contribution in [0.2, 0.25) is 0 Å². The molecule has 1 N–H and O–H groups in total. The molecule has 2 aromatic carbocycles. The lowest BCUT2D eigenvalue weighted by Crippen LogP contribution is -2.17. The average Bonchev–Trinajstić information content (AvgIpc) is 2.54. The molecule has 0 aromatic heterocycles. The van der Waals surface area contributed by atoms with E-state index in [1.165, 1.54) is 12.1 Å². The summed E-state index contributed by atoms with van der Waals surface area (Å²) in [6.45, 7) is 4.14. The third-order valence-electron chi connectivity index (χ3n) is 3.92. The number of benzene rings is 2. The van der Waals surface area contributed by atoms with Gasteiger partial charge in [0.2, 0.25) is 0 Å². The van der Waals surface area contributed by atoms with E-state index < -0.39 is 21.1 Å². The largest absolute Gasteiger partial charge is 0.381 e. The van der Waals surface area contributed by atoms with Crippen LogP contribution < -0.4 is 5.32 Å². The molecule has 0 saturated heterocycles. The first-order valence-electron chi connectivity index (χ1n) is 7.82. The van der Waals surface area contributed by atoms with Crippen LogP contribution in [-0.2, 0) is 27.5 Å². The standard InChI is InChI=1S/C19H21FN2O2S/c1-19(2,13-21)17-7-5-4-6-14(17)11-22-16-9-8-15(18(20)10-16)12-25(3,23)24/h4-10,22H,11-12H2,1-3H3. The maximum Gasteiger partial charge on any atom is 0.151 e. The van der Waals surface area contributed by atoms with Crippen molar-refractivity contribution in [3.05, 3.63) is 65.0 Å². The Balaban J connectivity index is 2.18. The van der Waals surface area contributed by atoms with Crippen molar-refractivity contribution in [1.82, 2.24) is 0 Å². The van der Waals surface area contributed by atoms with Gasteiger partial charge in [-0.15, -0.1) is 0 Å². The van der Waals surface area contributed by atoms with Gasteiger partial charge in [-0.2, -0.15) is 5.26 Å². The SMILES string of the molecule is CC(C)(C#N)c1ccccc1CNc1ccc(CS(C)(=O)=O)c(F)c1. The van der Waals surface area contributed by atoms with Crippen LogP contribution in [-0.4, -0.2) is 14.7 Å². The fraction of sp³-hybridized carbons (Fsp3) is 0.316. The van der Waals surface area contributed by atoms with Crippen molar-refractivity contribution < 1.29 is 12.8 Å². The monoisotopic (exact) mass is 360 g/mol. The topological polar surface area (TPSA) is 70.0 Å². The Morgan fingerprint density at radius 1 is 1.16 bits per heavy atom. The highest BCUT2D eigenvalue weighted by atomic mass is 32.2. The number of hydrogen-bond acceptors (Lipinski definition) is 4. The molecule has 0 bridgehead atoms. The Kier molecular flexibility index (Phi) is 5.48. The van der Waals surface area contributed by atoms with Gasteiger partial charge in [-0.3, -0.25) is 0 Å². The van der Waals surface area contributed by atoms with Crippen molar-refractivity contribution in [3.63, 3.8) is 0 Å². The van der Waals surface area contributed by atoms with E-state index in [0.29, 0.717) is 12.2 Å². The van der Waals surface area contributed by atoms with Crippen LogP contribution in [0.3, 0.4) is 0 Å². The van der Waals surface area contributed by atoms with Crippen molar-refractivity contribution in [1.29, 1.82) is 5.26 Å². The quantitative estimate of drug-likeness (QED) is 0.851. The maximum absolute atomic E-state index is 14.1. The zero-order valence-electron chi connectivity index (χ0n) is 14.5. The van der Waals surface area contributed by atoms with Crippen molar-refractivity contribution in [2.75, 3.05) is 11.6 Å². The minimum Gasteiger partial charge on any atom is -0.381 e. The number of anilines is 1. The highest BCUT2D eigenvalue weighted by molar-refractivity contribution is 7.89. The van der Waals surface area contributed by atoms with Gasteiger partial charge in [0.15, 0.2) is 9.84 Å². The maximum atomic E-state index is 14.1. The zero-order valence-corrected chi connectivity index (χ0v) is 15.3. The molecular formula is C19H21FN2O2S. The molecule has 0 aliphatic heterocycles. The summed E-state index contributed by atoms with van der Waals surface area (Å²) in [7, 11) is -3.28. The summed E-state index contributed by atoms with van der Waals surface area (Å²) >= 11 is 0. The minimum absolute atomic E-state index is 0.152. The molecule has 0 spiro atoms. The number of rotatable bonds is 6. The molecule has 0 heterocycles. The van der Waals surface area contributed by atoms with Crippen LogP contribution in [0.1, 0.15) is 30.5 Å². The van der Waals surface area contributed by atoms with Gasteiger partial charge >= 0.3 is 0 Å². The average molecular weight is 360 g/mol. The first kappa shape index (κ1) is 18.9. The molecule has 132 valence electrons. The summed E-state index contributed by atoms with van der Waals surface area (Å²) in [5.41, 5.74) is 1.95. The zero-order chi connectivity index (χ0) is 18.7. The Morgan fingerprint density at radius 2 is 1.84 bits per heavy atom. The molecule has 0 fully saturated rings. The minimum atomic E-state index is -3.28. The predicted octanol–water partition coefficient (Wildman–Crippen LogP) is 3.78. The molecule has 0 amide bonds. The highest BCUT2D eigenvalue weighted by Gasteiger charge is 2.22. The lowest BCUT2D eigenvalue weighted by molar-refractivity contribution is 0.592. The van der Waals surface area contributed by atoms with E-state index in [9.17, 15) is 18.1 Å². The second-order valence-electron chi connectivity index (χ2n) is 6.62. The first-order chi connectivity index (χ1) is 11.6. The van der Waals surface area contributed by atoms with Gasteiger partial charge in [-0.25, -0.2) is 12.8 Å². The molecule has 0 aliphatic carbocycles. The Morgan fingerprint density at radius 3 is 2.44 bits per heavy atom. The molecule has 0 radical (unpaired) electrons. The molecule has 0 saturated carbocycles. The molecule has 6 heteroatoms. The van der Waals surface area contributed by atoms with Crippen LogP contribution in [0.25, 0.3) is 0 Å². The molecule has 0 atom stereocenters. The Hall–Kier alpha value is -2.39. The van der Waals surface area contributed by atoms with E-state index in [2.05, 4.69) is 11.4 Å². The highest BCUT2D eigenvalue weighted by Crippen LogP contribution is 2.26. The Bertz CT molecular complexity index is 915. The van der Waals surface area contributed by atoms with Gasteiger partial charge in [-0.05, 0) is 37.1 Å². The van der Waals surface area contributed by atoms with Gasteiger partial charge in [0.1, 0.15) is 5.82 Å². The van der Waals surface area contributed by atoms with Gasteiger partial charge in [0.05, 0.1) is 17.2 Å². The summed E-state index contributed by atoms with van der Waals surface area (Å²) in [5.74, 6) is -0.876. The van der Waals surface area contributed by atoms with Crippen LogP contribution in [0, 0.1) is 17.1 Å². The first-order valence-corrected chi connectivity index (χ1v) is 9.88. The second-order valence-corrected chi connectivity index (χ2v) is 8.76.